The van der Waals surface area contributed by atoms with E-state index in [1.165, 1.54) is 19.3 Å². The van der Waals surface area contributed by atoms with Crippen LogP contribution in [0.1, 0.15) is 40.0 Å². The van der Waals surface area contributed by atoms with Gasteiger partial charge in [-0.15, -0.1) is 0 Å². The zero-order chi connectivity index (χ0) is 16.5. The summed E-state index contributed by atoms with van der Waals surface area (Å²) in [5.41, 5.74) is -0.276. The molecular formula is C18H24O4. The summed E-state index contributed by atoms with van der Waals surface area (Å²) in [6.07, 6.45) is 8.81. The molecule has 0 amide bonds. The molecule has 4 nitrogen and oxygen atoms in total. The number of carbonyl (C=O) groups is 2. The van der Waals surface area contributed by atoms with Gasteiger partial charge in [0.25, 0.3) is 0 Å². The second-order valence-electron chi connectivity index (χ2n) is 6.67. The Morgan fingerprint density at radius 1 is 1.45 bits per heavy atom. The molecule has 0 aliphatic heterocycles. The van der Waals surface area contributed by atoms with E-state index in [0.717, 1.165) is 12.8 Å². The van der Waals surface area contributed by atoms with Gasteiger partial charge in [-0.05, 0) is 55.9 Å². The Labute approximate surface area is 131 Å². The third kappa shape index (κ3) is 2.93. The summed E-state index contributed by atoms with van der Waals surface area (Å²) < 4.78 is 4.59. The van der Waals surface area contributed by atoms with Crippen LogP contribution >= 0.6 is 0 Å². The zero-order valence-electron chi connectivity index (χ0n) is 13.7. The van der Waals surface area contributed by atoms with Crippen LogP contribution in [0.3, 0.4) is 0 Å². The van der Waals surface area contributed by atoms with Crippen LogP contribution in [0.25, 0.3) is 0 Å². The highest BCUT2D eigenvalue weighted by Crippen LogP contribution is 2.57. The molecule has 0 radical (unpaired) electrons. The monoisotopic (exact) mass is 304 g/mol. The molecule has 0 saturated heterocycles. The maximum Gasteiger partial charge on any atom is 0.330 e. The highest BCUT2D eigenvalue weighted by Gasteiger charge is 2.57. The average molecular weight is 304 g/mol. The van der Waals surface area contributed by atoms with Crippen molar-refractivity contribution in [3.8, 4) is 0 Å². The lowest BCUT2D eigenvalue weighted by molar-refractivity contribution is -0.134. The molecule has 1 unspecified atom stereocenters. The molecule has 1 fully saturated rings. The van der Waals surface area contributed by atoms with Crippen LogP contribution in [0, 0.1) is 11.3 Å². The molecule has 2 aliphatic carbocycles. The van der Waals surface area contributed by atoms with E-state index in [0.29, 0.717) is 23.5 Å². The van der Waals surface area contributed by atoms with Gasteiger partial charge in [0.2, 0.25) is 0 Å². The summed E-state index contributed by atoms with van der Waals surface area (Å²) >= 11 is 0. The van der Waals surface area contributed by atoms with Crippen LogP contribution < -0.4 is 0 Å². The summed E-state index contributed by atoms with van der Waals surface area (Å²) in [4.78, 5) is 23.2. The molecule has 0 aromatic carbocycles. The number of carbonyl (C=O) groups excluding carboxylic acids is 2. The van der Waals surface area contributed by atoms with E-state index in [2.05, 4.69) is 4.74 Å². The maximum absolute atomic E-state index is 11.9. The average Bonchev–Trinajstić information content (AvgIpc) is 3.27. The topological polar surface area (TPSA) is 63.6 Å². The summed E-state index contributed by atoms with van der Waals surface area (Å²) in [6.45, 7) is 5.56. The molecule has 2 aliphatic rings. The molecule has 2 atom stereocenters. The number of hydrogen-bond acceptors (Lipinski definition) is 4. The molecule has 1 N–H and O–H groups in total. The lowest BCUT2D eigenvalue weighted by atomic mass is 9.60. The molecule has 0 bridgehead atoms. The van der Waals surface area contributed by atoms with E-state index >= 15 is 0 Å². The van der Waals surface area contributed by atoms with Crippen molar-refractivity contribution in [3.05, 3.63) is 35.5 Å². The van der Waals surface area contributed by atoms with Crippen LogP contribution in [0.4, 0.5) is 0 Å². The minimum atomic E-state index is -1.16. The van der Waals surface area contributed by atoms with E-state index in [1.807, 2.05) is 6.92 Å². The number of rotatable bonds is 4. The smallest absolute Gasteiger partial charge is 0.330 e. The predicted octanol–water partition coefficient (Wildman–Crippen LogP) is 2.73. The van der Waals surface area contributed by atoms with Crippen molar-refractivity contribution < 1.29 is 19.4 Å². The van der Waals surface area contributed by atoms with E-state index < -0.39 is 17.0 Å². The van der Waals surface area contributed by atoms with Gasteiger partial charge < -0.3 is 9.84 Å². The Morgan fingerprint density at radius 2 is 2.09 bits per heavy atom. The number of esters is 1. The van der Waals surface area contributed by atoms with Crippen molar-refractivity contribution in [3.63, 3.8) is 0 Å². The third-order valence-corrected chi connectivity index (χ3v) is 5.00. The molecule has 0 spiro atoms. The first kappa shape index (κ1) is 16.7. The number of allylic oxidation sites excluding steroid dienone is 3. The Balaban J connectivity index is 2.35. The largest absolute Gasteiger partial charge is 0.466 e. The van der Waals surface area contributed by atoms with Crippen LogP contribution in [0.5, 0.6) is 0 Å². The molecule has 1 saturated carbocycles. The normalized spacial score (nSPS) is 33.0. The van der Waals surface area contributed by atoms with E-state index in [4.69, 9.17) is 0 Å². The summed E-state index contributed by atoms with van der Waals surface area (Å²) in [6, 6.07) is 0. The first-order valence-electron chi connectivity index (χ1n) is 7.62. The van der Waals surface area contributed by atoms with E-state index in [-0.39, 0.29) is 5.78 Å². The number of ether oxygens (including phenoxy) is 1. The van der Waals surface area contributed by atoms with Gasteiger partial charge >= 0.3 is 5.97 Å². The van der Waals surface area contributed by atoms with Gasteiger partial charge in [-0.1, -0.05) is 13.0 Å². The second-order valence-corrected chi connectivity index (χ2v) is 6.67. The Bertz CT molecular complexity index is 580. The molecule has 0 heterocycles. The van der Waals surface area contributed by atoms with Crippen molar-refractivity contribution in [2.75, 3.05) is 7.11 Å². The maximum atomic E-state index is 11.9. The fraction of sp³-hybridized carbons (Fsp3) is 0.556. The molecule has 2 rings (SSSR count). The summed E-state index contributed by atoms with van der Waals surface area (Å²) in [7, 11) is 1.33. The van der Waals surface area contributed by atoms with Crippen molar-refractivity contribution in [1.29, 1.82) is 0 Å². The van der Waals surface area contributed by atoms with Crippen LogP contribution in [-0.4, -0.2) is 29.6 Å². The Kier molecular flexibility index (Phi) is 4.43. The van der Waals surface area contributed by atoms with Crippen LogP contribution in [0.15, 0.2) is 35.5 Å². The highest BCUT2D eigenvalue weighted by molar-refractivity contribution is 5.93. The predicted molar refractivity (Wildman–Crippen MR) is 84.1 cm³/mol. The quantitative estimate of drug-likeness (QED) is 0.493. The van der Waals surface area contributed by atoms with Gasteiger partial charge in [0.15, 0.2) is 5.78 Å². The van der Waals surface area contributed by atoms with Gasteiger partial charge in [0, 0.05) is 17.9 Å². The van der Waals surface area contributed by atoms with Gasteiger partial charge in [-0.25, -0.2) is 4.79 Å². The minimum absolute atomic E-state index is 0.0757. The van der Waals surface area contributed by atoms with Crippen molar-refractivity contribution >= 4 is 11.8 Å². The van der Waals surface area contributed by atoms with E-state index in [1.54, 1.807) is 26.0 Å². The van der Waals surface area contributed by atoms with Crippen molar-refractivity contribution in [2.24, 2.45) is 11.3 Å². The molecule has 0 aromatic heterocycles. The van der Waals surface area contributed by atoms with Crippen molar-refractivity contribution in [2.45, 2.75) is 45.6 Å². The van der Waals surface area contributed by atoms with Gasteiger partial charge in [-0.2, -0.15) is 0 Å². The number of hydrogen-bond donors (Lipinski definition) is 1. The van der Waals surface area contributed by atoms with E-state index in [9.17, 15) is 14.7 Å². The van der Waals surface area contributed by atoms with Gasteiger partial charge in [-0.3, -0.25) is 4.79 Å². The number of aliphatic hydroxyl groups is 1. The lowest BCUT2D eigenvalue weighted by Gasteiger charge is -2.47. The lowest BCUT2D eigenvalue weighted by Crippen LogP contribution is -2.51. The van der Waals surface area contributed by atoms with Gasteiger partial charge in [0.05, 0.1) is 7.11 Å². The van der Waals surface area contributed by atoms with Gasteiger partial charge in [0.1, 0.15) is 5.60 Å². The van der Waals surface area contributed by atoms with Crippen molar-refractivity contribution in [1.82, 2.24) is 0 Å². The standard InChI is InChI=1S/C18H24O4/c1-12(9-16(20)22-4)7-8-18(21)13(2)10-15(19)11-17(18,3)14-5-6-14/h7-10,14,21H,5-6,11H2,1-4H3/b8-7+,12-9-/t17?,18-/m1/s1. The summed E-state index contributed by atoms with van der Waals surface area (Å²) in [5.74, 6) is 0.0108. The Morgan fingerprint density at radius 3 is 2.64 bits per heavy atom. The molecule has 0 aromatic rings. The third-order valence-electron chi connectivity index (χ3n) is 5.00. The van der Waals surface area contributed by atoms with Crippen LogP contribution in [-0.2, 0) is 14.3 Å². The number of methoxy groups -OCH3 is 1. The SMILES string of the molecule is COC(=O)/C=C(C)\C=C\[C@@]1(O)C(C)=CC(=O)CC1(C)C1CC1. The Hall–Kier alpha value is -1.68. The first-order valence-corrected chi connectivity index (χ1v) is 7.62. The van der Waals surface area contributed by atoms with Crippen LogP contribution in [0.2, 0.25) is 0 Å². The summed E-state index contributed by atoms with van der Waals surface area (Å²) in [5, 5.41) is 11.3. The fourth-order valence-corrected chi connectivity index (χ4v) is 3.39. The minimum Gasteiger partial charge on any atom is -0.466 e. The highest BCUT2D eigenvalue weighted by atomic mass is 16.5. The fourth-order valence-electron chi connectivity index (χ4n) is 3.39. The second kappa shape index (κ2) is 5.84. The number of ketones is 1. The first-order chi connectivity index (χ1) is 10.2. The molecule has 22 heavy (non-hydrogen) atoms. The molecule has 4 heteroatoms. The zero-order valence-corrected chi connectivity index (χ0v) is 13.7. The molecule has 120 valence electrons. The molecular weight excluding hydrogens is 280 g/mol.